The normalized spacial score (nSPS) is 21.4. The van der Waals surface area contributed by atoms with Crippen molar-refractivity contribution in [2.45, 2.75) is 32.4 Å². The van der Waals surface area contributed by atoms with Gasteiger partial charge in [0.1, 0.15) is 0 Å². The zero-order valence-corrected chi connectivity index (χ0v) is 10.3. The third-order valence-electron chi connectivity index (χ3n) is 3.06. The van der Waals surface area contributed by atoms with Crippen LogP contribution in [0.3, 0.4) is 0 Å². The predicted molar refractivity (Wildman–Crippen MR) is 62.7 cm³/mol. The molecule has 1 amide bonds. The lowest BCUT2D eigenvalue weighted by Gasteiger charge is -2.42. The number of carbonyl (C=O) groups excluding carboxylic acids is 1. The van der Waals surface area contributed by atoms with Gasteiger partial charge in [-0.2, -0.15) is 5.26 Å². The van der Waals surface area contributed by atoms with Crippen LogP contribution in [0.2, 0.25) is 0 Å². The summed E-state index contributed by atoms with van der Waals surface area (Å²) in [5, 5.41) is 8.76. The van der Waals surface area contributed by atoms with Crippen molar-refractivity contribution in [2.24, 2.45) is 0 Å². The van der Waals surface area contributed by atoms with Crippen LogP contribution in [0.25, 0.3) is 0 Å². The highest BCUT2D eigenvalue weighted by molar-refractivity contribution is 5.90. The molecule has 4 nitrogen and oxygen atoms in total. The van der Waals surface area contributed by atoms with Gasteiger partial charge in [-0.25, -0.2) is 4.39 Å². The van der Waals surface area contributed by atoms with Crippen LogP contribution < -0.4 is 0 Å². The fourth-order valence-corrected chi connectivity index (χ4v) is 2.05. The molecule has 0 saturated carbocycles. The number of piperazine rings is 1. The summed E-state index contributed by atoms with van der Waals surface area (Å²) >= 11 is 0. The maximum absolute atomic E-state index is 12.9. The number of hydrogen-bond donors (Lipinski definition) is 0. The summed E-state index contributed by atoms with van der Waals surface area (Å²) in [4.78, 5) is 15.2. The van der Waals surface area contributed by atoms with Crippen LogP contribution in [0.15, 0.2) is 12.4 Å². The van der Waals surface area contributed by atoms with Gasteiger partial charge >= 0.3 is 0 Å². The van der Waals surface area contributed by atoms with Gasteiger partial charge in [-0.05, 0) is 13.8 Å². The molecule has 1 atom stereocenters. The maximum Gasteiger partial charge on any atom is 0.282 e. The van der Waals surface area contributed by atoms with Crippen molar-refractivity contribution < 1.29 is 9.18 Å². The Kier molecular flexibility index (Phi) is 4.64. The zero-order valence-electron chi connectivity index (χ0n) is 10.3. The molecule has 0 aromatic heterocycles. The average Bonchev–Trinajstić information content (AvgIpc) is 2.28. The second-order valence-corrected chi connectivity index (χ2v) is 4.51. The Bertz CT molecular complexity index is 348. The Labute approximate surface area is 101 Å². The van der Waals surface area contributed by atoms with E-state index in [2.05, 4.69) is 25.3 Å². The van der Waals surface area contributed by atoms with Crippen molar-refractivity contribution in [2.75, 3.05) is 19.6 Å². The van der Waals surface area contributed by atoms with Gasteiger partial charge in [-0.15, -0.1) is 0 Å². The summed E-state index contributed by atoms with van der Waals surface area (Å²) < 4.78 is 12.9. The molecule has 1 unspecified atom stereocenters. The first-order valence-electron chi connectivity index (χ1n) is 5.73. The third kappa shape index (κ3) is 3.27. The molecule has 5 heteroatoms. The highest BCUT2D eigenvalue weighted by Crippen LogP contribution is 2.17. The molecular formula is C12H18FN3O. The first-order chi connectivity index (χ1) is 7.97. The molecule has 1 aliphatic rings. The molecule has 94 valence electrons. The van der Waals surface area contributed by atoms with Gasteiger partial charge in [0.05, 0.1) is 18.5 Å². The Morgan fingerprint density at radius 1 is 1.59 bits per heavy atom. The number of carbonyl (C=O) groups is 1. The van der Waals surface area contributed by atoms with E-state index < -0.39 is 11.7 Å². The summed E-state index contributed by atoms with van der Waals surface area (Å²) in [5.74, 6) is -1.64. The van der Waals surface area contributed by atoms with Crippen LogP contribution in [-0.2, 0) is 4.79 Å². The lowest BCUT2D eigenvalue weighted by atomic mass is 10.1. The number of nitriles is 1. The molecule has 1 saturated heterocycles. The first-order valence-corrected chi connectivity index (χ1v) is 5.73. The molecule has 1 aliphatic heterocycles. The molecule has 0 radical (unpaired) electrons. The quantitative estimate of drug-likeness (QED) is 0.697. The average molecular weight is 239 g/mol. The maximum atomic E-state index is 12.9. The summed E-state index contributed by atoms with van der Waals surface area (Å²) in [5.41, 5.74) is 0. The summed E-state index contributed by atoms with van der Waals surface area (Å²) in [6.07, 6.45) is 0.224. The zero-order chi connectivity index (χ0) is 13.0. The lowest BCUT2D eigenvalue weighted by Crippen LogP contribution is -2.56. The van der Waals surface area contributed by atoms with E-state index in [0.717, 1.165) is 0 Å². The molecule has 0 spiro atoms. The van der Waals surface area contributed by atoms with Gasteiger partial charge in [0.25, 0.3) is 5.91 Å². The highest BCUT2D eigenvalue weighted by Gasteiger charge is 2.32. The van der Waals surface area contributed by atoms with E-state index in [1.807, 2.05) is 6.07 Å². The second kappa shape index (κ2) is 5.78. The largest absolute Gasteiger partial charge is 0.330 e. The highest BCUT2D eigenvalue weighted by atomic mass is 19.1. The molecule has 1 heterocycles. The van der Waals surface area contributed by atoms with Crippen molar-refractivity contribution in [1.29, 1.82) is 5.26 Å². The third-order valence-corrected chi connectivity index (χ3v) is 3.06. The predicted octanol–water partition coefficient (Wildman–Crippen LogP) is 1.30. The van der Waals surface area contributed by atoms with Crippen LogP contribution in [0.4, 0.5) is 4.39 Å². The van der Waals surface area contributed by atoms with Gasteiger partial charge in [0.2, 0.25) is 0 Å². The minimum atomic E-state index is -0.953. The van der Waals surface area contributed by atoms with E-state index in [9.17, 15) is 9.18 Å². The van der Waals surface area contributed by atoms with Gasteiger partial charge in [0, 0.05) is 25.7 Å². The summed E-state index contributed by atoms with van der Waals surface area (Å²) in [6.45, 7) is 8.93. The lowest BCUT2D eigenvalue weighted by molar-refractivity contribution is -0.133. The smallest absolute Gasteiger partial charge is 0.282 e. The Morgan fingerprint density at radius 3 is 2.71 bits per heavy atom. The SMILES string of the molecule is C=C(F)C(=O)N1CCN(C(C)C)CC1CC#N. The second-order valence-electron chi connectivity index (χ2n) is 4.51. The molecule has 17 heavy (non-hydrogen) atoms. The molecule has 0 aromatic carbocycles. The van der Waals surface area contributed by atoms with Crippen LogP contribution in [0.1, 0.15) is 20.3 Å². The minimum Gasteiger partial charge on any atom is -0.330 e. The van der Waals surface area contributed by atoms with E-state index in [1.54, 1.807) is 0 Å². The number of nitrogens with zero attached hydrogens (tertiary/aromatic N) is 3. The van der Waals surface area contributed by atoms with Gasteiger partial charge in [-0.1, -0.05) is 6.58 Å². The van der Waals surface area contributed by atoms with Crippen molar-refractivity contribution in [3.63, 3.8) is 0 Å². The van der Waals surface area contributed by atoms with Crippen LogP contribution in [0, 0.1) is 11.3 Å². The van der Waals surface area contributed by atoms with Crippen molar-refractivity contribution in [3.05, 3.63) is 12.4 Å². The van der Waals surface area contributed by atoms with E-state index in [4.69, 9.17) is 5.26 Å². The summed E-state index contributed by atoms with van der Waals surface area (Å²) in [7, 11) is 0. The monoisotopic (exact) mass is 239 g/mol. The number of rotatable bonds is 3. The van der Waals surface area contributed by atoms with E-state index in [0.29, 0.717) is 25.7 Å². The molecule has 0 aromatic rings. The molecule has 0 bridgehead atoms. The fourth-order valence-electron chi connectivity index (χ4n) is 2.05. The van der Waals surface area contributed by atoms with Gasteiger partial charge < -0.3 is 4.90 Å². The molecule has 1 rings (SSSR count). The molecular weight excluding hydrogens is 221 g/mol. The fraction of sp³-hybridized carbons (Fsp3) is 0.667. The standard InChI is InChI=1S/C12H18FN3O/c1-9(2)15-6-7-16(12(17)10(3)13)11(8-15)4-5-14/h9,11H,3-4,6-8H2,1-2H3. The number of halogens is 1. The van der Waals surface area contributed by atoms with Crippen LogP contribution >= 0.6 is 0 Å². The van der Waals surface area contributed by atoms with E-state index in [1.165, 1.54) is 4.90 Å². The topological polar surface area (TPSA) is 47.3 Å². The van der Waals surface area contributed by atoms with Crippen LogP contribution in [-0.4, -0.2) is 47.4 Å². The van der Waals surface area contributed by atoms with Gasteiger partial charge in [-0.3, -0.25) is 9.69 Å². The number of hydrogen-bond acceptors (Lipinski definition) is 3. The number of amides is 1. The molecule has 0 N–H and O–H groups in total. The van der Waals surface area contributed by atoms with Crippen molar-refractivity contribution in [3.8, 4) is 6.07 Å². The van der Waals surface area contributed by atoms with Crippen LogP contribution in [0.5, 0.6) is 0 Å². The minimum absolute atomic E-state index is 0.224. The van der Waals surface area contributed by atoms with Gasteiger partial charge in [0.15, 0.2) is 5.83 Å². The molecule has 1 fully saturated rings. The summed E-state index contributed by atoms with van der Waals surface area (Å²) in [6, 6.07) is 2.17. The Hall–Kier alpha value is -1.41. The van der Waals surface area contributed by atoms with E-state index >= 15 is 0 Å². The Morgan fingerprint density at radius 2 is 2.24 bits per heavy atom. The first kappa shape index (κ1) is 13.7. The Balaban J connectivity index is 2.76. The van der Waals surface area contributed by atoms with E-state index in [-0.39, 0.29) is 12.5 Å². The van der Waals surface area contributed by atoms with Crippen molar-refractivity contribution >= 4 is 5.91 Å². The van der Waals surface area contributed by atoms with Crippen molar-refractivity contribution in [1.82, 2.24) is 9.80 Å². The molecule has 0 aliphatic carbocycles.